The van der Waals surface area contributed by atoms with Crippen LogP contribution in [0.1, 0.15) is 35.4 Å². The number of rotatable bonds is 3. The third kappa shape index (κ3) is 4.15. The summed E-state index contributed by atoms with van der Waals surface area (Å²) in [6.45, 7) is 0.891. The van der Waals surface area contributed by atoms with Gasteiger partial charge in [0.25, 0.3) is 0 Å². The first-order valence-electron chi connectivity index (χ1n) is 8.03. The number of nitrogens with zero attached hydrogens (tertiary/aromatic N) is 1. The van der Waals surface area contributed by atoms with Crippen molar-refractivity contribution in [3.05, 3.63) is 70.2 Å². The van der Waals surface area contributed by atoms with Crippen LogP contribution in [0, 0.1) is 0 Å². The zero-order valence-corrected chi connectivity index (χ0v) is 14.1. The second-order valence-corrected chi connectivity index (χ2v) is 6.65. The van der Waals surface area contributed by atoms with Gasteiger partial charge < -0.3 is 4.90 Å². The Hall–Kier alpha value is -2.01. The van der Waals surface area contributed by atoms with Gasteiger partial charge in [-0.25, -0.2) is 0 Å². The number of amides is 1. The van der Waals surface area contributed by atoms with Crippen LogP contribution in [0.2, 0.25) is 5.02 Å². The first-order chi connectivity index (χ1) is 11.8. The summed E-state index contributed by atoms with van der Waals surface area (Å²) in [6.07, 6.45) is -3.78. The second-order valence-electron chi connectivity index (χ2n) is 6.22. The van der Waals surface area contributed by atoms with Gasteiger partial charge in [0.05, 0.1) is 5.56 Å². The zero-order valence-electron chi connectivity index (χ0n) is 13.4. The van der Waals surface area contributed by atoms with Crippen LogP contribution in [0.5, 0.6) is 0 Å². The Balaban J connectivity index is 1.72. The number of benzene rings is 2. The van der Waals surface area contributed by atoms with E-state index >= 15 is 0 Å². The molecule has 1 atom stereocenters. The number of likely N-dealkylation sites (tertiary alicyclic amines) is 1. The maximum atomic E-state index is 13.2. The van der Waals surface area contributed by atoms with Crippen molar-refractivity contribution in [2.45, 2.75) is 31.5 Å². The molecule has 1 heterocycles. The van der Waals surface area contributed by atoms with Gasteiger partial charge in [-0.05, 0) is 41.7 Å². The topological polar surface area (TPSA) is 20.3 Å². The smallest absolute Gasteiger partial charge is 0.338 e. The van der Waals surface area contributed by atoms with E-state index in [0.717, 1.165) is 11.6 Å². The van der Waals surface area contributed by atoms with Crippen molar-refractivity contribution in [3.8, 4) is 0 Å². The Bertz CT molecular complexity index is 758. The van der Waals surface area contributed by atoms with E-state index in [1.54, 1.807) is 23.1 Å². The molecule has 132 valence electrons. The first-order valence-corrected chi connectivity index (χ1v) is 8.41. The highest BCUT2D eigenvalue weighted by molar-refractivity contribution is 6.30. The van der Waals surface area contributed by atoms with Crippen LogP contribution in [0.4, 0.5) is 13.2 Å². The van der Waals surface area contributed by atoms with Gasteiger partial charge in [0.2, 0.25) is 5.91 Å². The number of carbonyl (C=O) groups excluding carboxylic acids is 1. The number of hydrogen-bond acceptors (Lipinski definition) is 1. The molecule has 0 saturated carbocycles. The lowest BCUT2D eigenvalue weighted by molar-refractivity contribution is -0.140. The predicted molar refractivity (Wildman–Crippen MR) is 90.3 cm³/mol. The third-order valence-corrected chi connectivity index (χ3v) is 4.77. The molecule has 0 N–H and O–H groups in total. The summed E-state index contributed by atoms with van der Waals surface area (Å²) in [5.74, 6) is -0.519. The monoisotopic (exact) mass is 367 g/mol. The van der Waals surface area contributed by atoms with Crippen molar-refractivity contribution in [2.24, 2.45) is 0 Å². The van der Waals surface area contributed by atoms with Crippen LogP contribution in [-0.4, -0.2) is 17.4 Å². The van der Waals surface area contributed by atoms with E-state index in [9.17, 15) is 18.0 Å². The SMILES string of the molecule is O=C1CC(c2ccccc2C(F)(F)F)CCN1Cc1ccc(Cl)cc1. The third-order valence-electron chi connectivity index (χ3n) is 4.51. The highest BCUT2D eigenvalue weighted by Gasteiger charge is 2.37. The molecule has 2 nitrogen and oxygen atoms in total. The Morgan fingerprint density at radius 3 is 2.40 bits per heavy atom. The zero-order chi connectivity index (χ0) is 18.0. The van der Waals surface area contributed by atoms with Crippen molar-refractivity contribution in [1.29, 1.82) is 0 Å². The van der Waals surface area contributed by atoms with E-state index < -0.39 is 17.7 Å². The fourth-order valence-corrected chi connectivity index (χ4v) is 3.36. The molecule has 2 aromatic carbocycles. The average Bonchev–Trinajstić information content (AvgIpc) is 2.58. The molecular weight excluding hydrogens is 351 g/mol. The summed E-state index contributed by atoms with van der Waals surface area (Å²) in [4.78, 5) is 14.1. The molecule has 0 radical (unpaired) electrons. The Labute approximate surface area is 149 Å². The summed E-state index contributed by atoms with van der Waals surface area (Å²) in [7, 11) is 0. The van der Waals surface area contributed by atoms with Crippen LogP contribution in [0.25, 0.3) is 0 Å². The first kappa shape index (κ1) is 17.8. The van der Waals surface area contributed by atoms with Gasteiger partial charge in [-0.15, -0.1) is 0 Å². The molecule has 1 aliphatic heterocycles. The number of carbonyl (C=O) groups is 1. The molecule has 2 aromatic rings. The molecule has 0 aromatic heterocycles. The average molecular weight is 368 g/mol. The predicted octanol–water partition coefficient (Wildman–Crippen LogP) is 5.27. The summed E-state index contributed by atoms with van der Waals surface area (Å²) in [6, 6.07) is 12.7. The summed E-state index contributed by atoms with van der Waals surface area (Å²) >= 11 is 5.85. The second kappa shape index (κ2) is 7.08. The maximum absolute atomic E-state index is 13.2. The van der Waals surface area contributed by atoms with Crippen molar-refractivity contribution in [1.82, 2.24) is 4.90 Å². The van der Waals surface area contributed by atoms with Crippen molar-refractivity contribution in [3.63, 3.8) is 0 Å². The van der Waals surface area contributed by atoms with Crippen LogP contribution in [0.15, 0.2) is 48.5 Å². The van der Waals surface area contributed by atoms with Crippen LogP contribution in [0.3, 0.4) is 0 Å². The van der Waals surface area contributed by atoms with E-state index in [1.807, 2.05) is 12.1 Å². The van der Waals surface area contributed by atoms with Gasteiger partial charge in [0.15, 0.2) is 0 Å². The molecule has 1 unspecified atom stereocenters. The molecule has 0 spiro atoms. The highest BCUT2D eigenvalue weighted by Crippen LogP contribution is 2.39. The van der Waals surface area contributed by atoms with E-state index in [0.29, 0.717) is 24.5 Å². The van der Waals surface area contributed by atoms with E-state index in [4.69, 9.17) is 11.6 Å². The molecule has 1 aliphatic rings. The molecule has 25 heavy (non-hydrogen) atoms. The van der Waals surface area contributed by atoms with Crippen molar-refractivity contribution in [2.75, 3.05) is 6.54 Å². The van der Waals surface area contributed by atoms with Gasteiger partial charge in [-0.3, -0.25) is 4.79 Å². The van der Waals surface area contributed by atoms with Gasteiger partial charge in [-0.2, -0.15) is 13.2 Å². The normalized spacial score (nSPS) is 18.5. The van der Waals surface area contributed by atoms with E-state index in [1.165, 1.54) is 12.1 Å². The lowest BCUT2D eigenvalue weighted by Gasteiger charge is -2.33. The number of piperidine rings is 1. The number of halogens is 4. The van der Waals surface area contributed by atoms with Gasteiger partial charge in [-0.1, -0.05) is 41.9 Å². The quantitative estimate of drug-likeness (QED) is 0.724. The minimum atomic E-state index is -4.40. The molecule has 0 aliphatic carbocycles. The fourth-order valence-electron chi connectivity index (χ4n) is 3.23. The standard InChI is InChI=1S/C19H17ClF3NO/c20-15-7-5-13(6-8-15)12-24-10-9-14(11-18(24)25)16-3-1-2-4-17(16)19(21,22)23/h1-8,14H,9-12H2. The van der Waals surface area contributed by atoms with Gasteiger partial charge in [0.1, 0.15) is 0 Å². The van der Waals surface area contributed by atoms with Crippen molar-refractivity contribution >= 4 is 17.5 Å². The van der Waals surface area contributed by atoms with Crippen LogP contribution >= 0.6 is 11.6 Å². The fraction of sp³-hybridized carbons (Fsp3) is 0.316. The van der Waals surface area contributed by atoms with Gasteiger partial charge >= 0.3 is 6.18 Å². The largest absolute Gasteiger partial charge is 0.416 e. The number of hydrogen-bond donors (Lipinski definition) is 0. The minimum absolute atomic E-state index is 0.0979. The Kier molecular flexibility index (Phi) is 5.04. The lowest BCUT2D eigenvalue weighted by Crippen LogP contribution is -2.38. The highest BCUT2D eigenvalue weighted by atomic mass is 35.5. The molecule has 3 rings (SSSR count). The molecule has 1 amide bonds. The molecule has 1 saturated heterocycles. The van der Waals surface area contributed by atoms with Crippen molar-refractivity contribution < 1.29 is 18.0 Å². The minimum Gasteiger partial charge on any atom is -0.338 e. The number of alkyl halides is 3. The van der Waals surface area contributed by atoms with E-state index in [-0.39, 0.29) is 17.9 Å². The summed E-state index contributed by atoms with van der Waals surface area (Å²) < 4.78 is 39.6. The molecule has 1 fully saturated rings. The molecular formula is C19H17ClF3NO. The Morgan fingerprint density at radius 1 is 1.08 bits per heavy atom. The van der Waals surface area contributed by atoms with E-state index in [2.05, 4.69) is 0 Å². The molecule has 0 bridgehead atoms. The van der Waals surface area contributed by atoms with Crippen LogP contribution < -0.4 is 0 Å². The molecule has 6 heteroatoms. The lowest BCUT2D eigenvalue weighted by atomic mass is 9.86. The summed E-state index contributed by atoms with van der Waals surface area (Å²) in [5, 5.41) is 0.623. The summed E-state index contributed by atoms with van der Waals surface area (Å²) in [5.41, 5.74) is 0.528. The van der Waals surface area contributed by atoms with Crippen LogP contribution in [-0.2, 0) is 17.5 Å². The van der Waals surface area contributed by atoms with Gasteiger partial charge in [0, 0.05) is 24.5 Å². The maximum Gasteiger partial charge on any atom is 0.416 e. The Morgan fingerprint density at radius 2 is 1.76 bits per heavy atom.